The minimum absolute atomic E-state index is 0.0491. The maximum Gasteiger partial charge on any atom is 0.408 e. The van der Waals surface area contributed by atoms with E-state index in [0.717, 1.165) is 6.07 Å². The van der Waals surface area contributed by atoms with E-state index in [2.05, 4.69) is 10.3 Å². The van der Waals surface area contributed by atoms with Crippen LogP contribution in [0.2, 0.25) is 0 Å². The predicted molar refractivity (Wildman–Crippen MR) is 120 cm³/mol. The number of nitrogens with zero attached hydrogens (tertiary/aromatic N) is 1. The van der Waals surface area contributed by atoms with Gasteiger partial charge in [-0.05, 0) is 68.7 Å². The summed E-state index contributed by atoms with van der Waals surface area (Å²) >= 11 is 0. The molecule has 1 heterocycles. The molecular weight excluding hydrogens is 428 g/mol. The fourth-order valence-corrected chi connectivity index (χ4v) is 3.41. The summed E-state index contributed by atoms with van der Waals surface area (Å²) in [5, 5.41) is 2.76. The van der Waals surface area contributed by atoms with Crippen molar-refractivity contribution in [2.24, 2.45) is 5.73 Å². The van der Waals surface area contributed by atoms with Gasteiger partial charge in [0.25, 0.3) is 0 Å². The first-order chi connectivity index (χ1) is 15.5. The molecular formula is C25H25F2N3O3. The van der Waals surface area contributed by atoms with Crippen LogP contribution in [0.5, 0.6) is 0 Å². The highest BCUT2D eigenvalue weighted by Gasteiger charge is 2.24. The second-order valence-corrected chi connectivity index (χ2v) is 8.56. The summed E-state index contributed by atoms with van der Waals surface area (Å²) in [6, 6.07) is 12.6. The zero-order valence-corrected chi connectivity index (χ0v) is 18.6. The van der Waals surface area contributed by atoms with Crippen molar-refractivity contribution in [3.05, 3.63) is 89.2 Å². The summed E-state index contributed by atoms with van der Waals surface area (Å²) in [6.07, 6.45) is 0.895. The molecule has 8 heteroatoms. The first kappa shape index (κ1) is 23.8. The lowest BCUT2D eigenvalue weighted by Gasteiger charge is -2.25. The van der Waals surface area contributed by atoms with Gasteiger partial charge in [-0.3, -0.25) is 9.78 Å². The number of pyridine rings is 1. The van der Waals surface area contributed by atoms with E-state index in [9.17, 15) is 18.4 Å². The number of aromatic nitrogens is 1. The molecule has 3 rings (SSSR count). The Kier molecular flexibility index (Phi) is 7.06. The highest BCUT2D eigenvalue weighted by Crippen LogP contribution is 2.30. The lowest BCUT2D eigenvalue weighted by Crippen LogP contribution is -2.36. The maximum atomic E-state index is 13.8. The highest BCUT2D eigenvalue weighted by molar-refractivity contribution is 5.94. The van der Waals surface area contributed by atoms with Crippen LogP contribution in [0.1, 0.15) is 48.4 Å². The van der Waals surface area contributed by atoms with E-state index in [0.29, 0.717) is 27.9 Å². The second-order valence-electron chi connectivity index (χ2n) is 8.56. The Morgan fingerprint density at radius 2 is 1.76 bits per heavy atom. The van der Waals surface area contributed by atoms with E-state index >= 15 is 0 Å². The zero-order valence-electron chi connectivity index (χ0n) is 18.6. The van der Waals surface area contributed by atoms with E-state index in [1.807, 2.05) is 0 Å². The molecule has 1 atom stereocenters. The van der Waals surface area contributed by atoms with Crippen molar-refractivity contribution in [2.75, 3.05) is 0 Å². The third-order valence-corrected chi connectivity index (χ3v) is 4.68. The molecule has 2 amide bonds. The van der Waals surface area contributed by atoms with Crippen LogP contribution >= 0.6 is 0 Å². The van der Waals surface area contributed by atoms with E-state index in [1.165, 1.54) is 12.1 Å². The van der Waals surface area contributed by atoms with Crippen LogP contribution in [-0.2, 0) is 11.2 Å². The van der Waals surface area contributed by atoms with E-state index in [4.69, 9.17) is 10.5 Å². The van der Waals surface area contributed by atoms with Gasteiger partial charge in [0.05, 0.1) is 11.7 Å². The number of alkyl carbamates (subject to hydrolysis) is 1. The van der Waals surface area contributed by atoms with Crippen LogP contribution in [0.3, 0.4) is 0 Å². The van der Waals surface area contributed by atoms with Gasteiger partial charge in [-0.2, -0.15) is 0 Å². The quantitative estimate of drug-likeness (QED) is 0.553. The molecule has 0 bridgehead atoms. The average Bonchev–Trinajstić information content (AvgIpc) is 2.71. The Balaban J connectivity index is 2.05. The Morgan fingerprint density at radius 1 is 1.06 bits per heavy atom. The number of nitrogens with one attached hydrogen (secondary N) is 1. The largest absolute Gasteiger partial charge is 0.444 e. The SMILES string of the molecule is CC(C)(C)OC(=O)NC(Cc1cc(F)cc(F)c1)c1ncccc1-c1cccc(C(N)=O)c1. The van der Waals surface area contributed by atoms with E-state index < -0.39 is 35.3 Å². The summed E-state index contributed by atoms with van der Waals surface area (Å²) in [6.45, 7) is 5.18. The van der Waals surface area contributed by atoms with E-state index in [-0.39, 0.29) is 6.42 Å². The number of carbonyl (C=O) groups excluding carboxylic acids is 2. The van der Waals surface area contributed by atoms with Crippen LogP contribution in [-0.4, -0.2) is 22.6 Å². The lowest BCUT2D eigenvalue weighted by molar-refractivity contribution is 0.0502. The molecule has 3 N–H and O–H groups in total. The molecule has 1 aromatic heterocycles. The van der Waals surface area contributed by atoms with Crippen molar-refractivity contribution in [1.29, 1.82) is 0 Å². The van der Waals surface area contributed by atoms with Gasteiger partial charge in [0.1, 0.15) is 17.2 Å². The minimum Gasteiger partial charge on any atom is -0.444 e. The van der Waals surface area contributed by atoms with Crippen molar-refractivity contribution in [3.63, 3.8) is 0 Å². The second kappa shape index (κ2) is 9.77. The van der Waals surface area contributed by atoms with Crippen LogP contribution in [0.15, 0.2) is 60.8 Å². The Bertz CT molecular complexity index is 1160. The van der Waals surface area contributed by atoms with Crippen molar-refractivity contribution in [1.82, 2.24) is 10.3 Å². The van der Waals surface area contributed by atoms with Gasteiger partial charge >= 0.3 is 6.09 Å². The first-order valence-corrected chi connectivity index (χ1v) is 10.3. The molecule has 2 aromatic carbocycles. The van der Waals surface area contributed by atoms with Crippen LogP contribution in [0, 0.1) is 11.6 Å². The number of hydrogen-bond acceptors (Lipinski definition) is 4. The summed E-state index contributed by atoms with van der Waals surface area (Å²) in [7, 11) is 0. The monoisotopic (exact) mass is 453 g/mol. The molecule has 0 aliphatic heterocycles. The number of rotatable bonds is 6. The number of ether oxygens (including phenoxy) is 1. The molecule has 0 aliphatic carbocycles. The Morgan fingerprint density at radius 3 is 2.39 bits per heavy atom. The summed E-state index contributed by atoms with van der Waals surface area (Å²) in [5.74, 6) is -2.03. The van der Waals surface area contributed by atoms with Gasteiger partial charge in [0.15, 0.2) is 0 Å². The first-order valence-electron chi connectivity index (χ1n) is 10.3. The maximum absolute atomic E-state index is 13.8. The van der Waals surface area contributed by atoms with Gasteiger partial charge in [-0.1, -0.05) is 18.2 Å². The Labute approximate surface area is 190 Å². The summed E-state index contributed by atoms with van der Waals surface area (Å²) < 4.78 is 33.0. The molecule has 0 saturated heterocycles. The van der Waals surface area contributed by atoms with Gasteiger partial charge in [0, 0.05) is 23.4 Å². The van der Waals surface area contributed by atoms with Crippen molar-refractivity contribution in [2.45, 2.75) is 38.8 Å². The van der Waals surface area contributed by atoms with Crippen molar-refractivity contribution < 1.29 is 23.1 Å². The van der Waals surface area contributed by atoms with E-state index in [1.54, 1.807) is 63.4 Å². The lowest BCUT2D eigenvalue weighted by atomic mass is 9.94. The number of halogens is 2. The van der Waals surface area contributed by atoms with Crippen LogP contribution in [0.25, 0.3) is 11.1 Å². The number of primary amides is 1. The summed E-state index contributed by atoms with van der Waals surface area (Å²) in [5.41, 5.74) is 7.02. The molecule has 1 unspecified atom stereocenters. The molecule has 0 saturated carbocycles. The number of hydrogen-bond donors (Lipinski definition) is 2. The number of carbonyl (C=O) groups is 2. The Hall–Kier alpha value is -3.81. The van der Waals surface area contributed by atoms with Gasteiger partial charge in [-0.25, -0.2) is 13.6 Å². The van der Waals surface area contributed by atoms with Crippen molar-refractivity contribution >= 4 is 12.0 Å². The molecule has 0 radical (unpaired) electrons. The highest BCUT2D eigenvalue weighted by atomic mass is 19.1. The molecule has 172 valence electrons. The van der Waals surface area contributed by atoms with Crippen LogP contribution in [0.4, 0.5) is 13.6 Å². The number of benzene rings is 2. The topological polar surface area (TPSA) is 94.3 Å². The zero-order chi connectivity index (χ0) is 24.2. The van der Waals surface area contributed by atoms with Gasteiger partial charge < -0.3 is 15.8 Å². The molecule has 33 heavy (non-hydrogen) atoms. The summed E-state index contributed by atoms with van der Waals surface area (Å²) in [4.78, 5) is 28.7. The molecule has 0 aliphatic rings. The van der Waals surface area contributed by atoms with Crippen LogP contribution < -0.4 is 11.1 Å². The standard InChI is InChI=1S/C25H25F2N3O3/c1-25(2,3)33-24(32)30-21(12-15-10-18(26)14-19(27)11-15)22-20(8-5-9-29-22)16-6-4-7-17(13-16)23(28)31/h4-11,13-14,21H,12H2,1-3H3,(H2,28,31)(H,30,32). The normalized spacial score (nSPS) is 12.2. The third-order valence-electron chi connectivity index (χ3n) is 4.68. The fraction of sp³-hybridized carbons (Fsp3) is 0.240. The molecule has 6 nitrogen and oxygen atoms in total. The third kappa shape index (κ3) is 6.58. The van der Waals surface area contributed by atoms with Gasteiger partial charge in [0.2, 0.25) is 5.91 Å². The smallest absolute Gasteiger partial charge is 0.408 e. The number of nitrogens with two attached hydrogens (primary N) is 1. The molecule has 0 fully saturated rings. The minimum atomic E-state index is -0.783. The average molecular weight is 453 g/mol. The number of amides is 2. The van der Waals surface area contributed by atoms with Gasteiger partial charge in [-0.15, -0.1) is 0 Å². The molecule has 3 aromatic rings. The predicted octanol–water partition coefficient (Wildman–Crippen LogP) is 4.93. The fourth-order valence-electron chi connectivity index (χ4n) is 3.41. The van der Waals surface area contributed by atoms with Crippen molar-refractivity contribution in [3.8, 4) is 11.1 Å². The molecule has 0 spiro atoms.